The van der Waals surface area contributed by atoms with Crippen LogP contribution in [-0.4, -0.2) is 85.6 Å². The lowest BCUT2D eigenvalue weighted by Crippen LogP contribution is -2.59. The van der Waals surface area contributed by atoms with E-state index in [-0.39, 0.29) is 47.6 Å². The van der Waals surface area contributed by atoms with Crippen LogP contribution in [0.5, 0.6) is 0 Å². The molecule has 60 heavy (non-hydrogen) atoms. The predicted octanol–water partition coefficient (Wildman–Crippen LogP) is 3.87. The molecule has 3 N–H and O–H groups in total. The first kappa shape index (κ1) is 47.8. The summed E-state index contributed by atoms with van der Waals surface area (Å²) in [6, 6.07) is 0. The van der Waals surface area contributed by atoms with Crippen molar-refractivity contribution in [1.82, 2.24) is 18.3 Å². The van der Waals surface area contributed by atoms with Crippen LogP contribution in [0.3, 0.4) is 0 Å². The van der Waals surface area contributed by atoms with Crippen molar-refractivity contribution >= 4 is 26.8 Å². The zero-order valence-corrected chi connectivity index (χ0v) is 40.0. The fourth-order valence-corrected chi connectivity index (χ4v) is 10.6. The van der Waals surface area contributed by atoms with Gasteiger partial charge in [-0.05, 0) is 69.0 Å². The SMILES string of the molecule is Cc1cn([C@@H]2C=C[C@H](CO)O2)c(=O)n(CCCCCCn2c(=O)c(C)cn([C@@H]3O[C@H](CO[Si](C)(C)C(C)(C)C)[C@@]4(OS(=O)(=O)C=C4N)[C@H]3O[Si](C)(C)C(C)(C)C)c2=O)c1=O. The number of hydrogen-bond donors (Lipinski definition) is 2. The molecule has 0 amide bonds. The van der Waals surface area contributed by atoms with Crippen LogP contribution in [0.1, 0.15) is 90.8 Å². The largest absolute Gasteiger partial charge is 0.414 e. The van der Waals surface area contributed by atoms with Crippen molar-refractivity contribution < 1.29 is 36.0 Å². The summed E-state index contributed by atoms with van der Waals surface area (Å²) in [7, 11) is -9.52. The molecule has 0 bridgehead atoms. The first-order valence-electron chi connectivity index (χ1n) is 20.6. The maximum atomic E-state index is 14.5. The van der Waals surface area contributed by atoms with E-state index in [0.717, 1.165) is 9.98 Å². The average Bonchev–Trinajstić information content (AvgIpc) is 3.80. The van der Waals surface area contributed by atoms with Gasteiger partial charge in [0.25, 0.3) is 21.2 Å². The zero-order chi connectivity index (χ0) is 45.0. The number of hydrogen-bond acceptors (Lipinski definition) is 13. The van der Waals surface area contributed by atoms with Crippen molar-refractivity contribution in [3.63, 3.8) is 0 Å². The maximum Gasteiger partial charge on any atom is 0.333 e. The lowest BCUT2D eigenvalue weighted by Gasteiger charge is -2.43. The van der Waals surface area contributed by atoms with Gasteiger partial charge in [-0.1, -0.05) is 60.5 Å². The Morgan fingerprint density at radius 2 is 1.32 bits per heavy atom. The summed E-state index contributed by atoms with van der Waals surface area (Å²) in [5.41, 5.74) is 3.17. The Kier molecular flexibility index (Phi) is 13.7. The van der Waals surface area contributed by atoms with Crippen LogP contribution in [-0.2, 0) is 45.7 Å². The van der Waals surface area contributed by atoms with E-state index in [1.54, 1.807) is 26.0 Å². The second-order valence-electron chi connectivity index (χ2n) is 19.3. The number of aliphatic hydroxyl groups excluding tert-OH is 1. The molecular formula is C40H65N5O12SSi2. The molecule has 2 aromatic heterocycles. The third kappa shape index (κ3) is 9.27. The number of nitrogens with two attached hydrogens (primary N) is 1. The number of aromatic nitrogens is 4. The lowest BCUT2D eigenvalue weighted by molar-refractivity contribution is -0.0567. The van der Waals surface area contributed by atoms with Gasteiger partial charge in [0.1, 0.15) is 18.3 Å². The first-order valence-corrected chi connectivity index (χ1v) is 27.9. The molecule has 1 saturated heterocycles. The molecule has 2 aromatic rings. The molecule has 3 aliphatic rings. The summed E-state index contributed by atoms with van der Waals surface area (Å²) in [4.78, 5) is 54.3. The molecule has 0 aliphatic carbocycles. The third-order valence-corrected chi connectivity index (χ3v) is 22.9. The van der Waals surface area contributed by atoms with Crippen molar-refractivity contribution in [2.75, 3.05) is 13.2 Å². The second kappa shape index (κ2) is 17.2. The molecular weight excluding hydrogens is 831 g/mol. The van der Waals surface area contributed by atoms with Crippen LogP contribution >= 0.6 is 0 Å². The summed E-state index contributed by atoms with van der Waals surface area (Å²) in [6.07, 6.45) is 3.38. The van der Waals surface area contributed by atoms with E-state index in [1.807, 2.05) is 33.9 Å². The summed E-state index contributed by atoms with van der Waals surface area (Å²) in [5, 5.41) is 9.74. The molecule has 6 atom stereocenters. The number of nitrogens with zero attached hydrogens (tertiary/aromatic N) is 4. The molecule has 5 heterocycles. The first-order chi connectivity index (χ1) is 27.6. The van der Waals surface area contributed by atoms with Crippen molar-refractivity contribution in [1.29, 1.82) is 0 Å². The Morgan fingerprint density at radius 1 is 0.800 bits per heavy atom. The molecule has 1 fully saturated rings. The summed E-state index contributed by atoms with van der Waals surface area (Å²) < 4.78 is 63.3. The van der Waals surface area contributed by atoms with Crippen LogP contribution in [0.25, 0.3) is 0 Å². The van der Waals surface area contributed by atoms with Gasteiger partial charge >= 0.3 is 11.4 Å². The van der Waals surface area contributed by atoms with Crippen LogP contribution in [0, 0.1) is 13.8 Å². The van der Waals surface area contributed by atoms with Gasteiger partial charge in [0.2, 0.25) is 0 Å². The summed E-state index contributed by atoms with van der Waals surface area (Å²) in [5.74, 6) is 0. The standard InChI is InChI=1S/C40H65N5O12SSi2/c1-26-21-44(31-18-17-28(23-46)54-31)36(49)42(33(26)47)19-15-13-14-16-20-43-34(48)27(2)22-45(37(43)50)35-32(56-60(11,12)39(6,7)8)40(29(41)25-58(51,52)57-40)30(55-35)24-53-59(9,10)38(3,4)5/h17-18,21-22,25,28,30-32,35,46H,13-16,19-20,23-24,41H2,1-12H3/t28-,30-,31+,32+,35-,40-/m1/s1. The number of aliphatic hydroxyl groups is 1. The number of aryl methyl sites for hydroxylation is 2. The minimum atomic E-state index is -4.29. The molecule has 17 nitrogen and oxygen atoms in total. The zero-order valence-electron chi connectivity index (χ0n) is 37.1. The van der Waals surface area contributed by atoms with Crippen LogP contribution in [0.15, 0.2) is 54.8 Å². The van der Waals surface area contributed by atoms with E-state index >= 15 is 0 Å². The van der Waals surface area contributed by atoms with E-state index in [4.69, 9.17) is 28.2 Å². The maximum absolute atomic E-state index is 14.5. The van der Waals surface area contributed by atoms with Crippen molar-refractivity contribution in [2.24, 2.45) is 5.73 Å². The average molecular weight is 896 g/mol. The van der Waals surface area contributed by atoms with Crippen molar-refractivity contribution in [3.8, 4) is 0 Å². The Hall–Kier alpha value is -3.22. The Balaban J connectivity index is 1.42. The summed E-state index contributed by atoms with van der Waals surface area (Å²) >= 11 is 0. The highest BCUT2D eigenvalue weighted by Gasteiger charge is 2.67. The highest BCUT2D eigenvalue weighted by molar-refractivity contribution is 7.90. The lowest BCUT2D eigenvalue weighted by atomic mass is 9.89. The molecule has 1 spiro atoms. The monoisotopic (exact) mass is 895 g/mol. The van der Waals surface area contributed by atoms with E-state index in [1.165, 1.54) is 26.1 Å². The second-order valence-corrected chi connectivity index (χ2v) is 30.2. The van der Waals surface area contributed by atoms with Gasteiger partial charge in [-0.15, -0.1) is 0 Å². The normalized spacial score (nSPS) is 25.8. The summed E-state index contributed by atoms with van der Waals surface area (Å²) in [6.45, 7) is 23.5. The van der Waals surface area contributed by atoms with Crippen LogP contribution < -0.4 is 28.2 Å². The van der Waals surface area contributed by atoms with Gasteiger partial charge in [-0.3, -0.25) is 27.9 Å². The molecule has 0 aromatic carbocycles. The Bertz CT molecular complexity index is 2350. The number of unbranched alkanes of at least 4 members (excludes halogenated alkanes) is 3. The van der Waals surface area contributed by atoms with Gasteiger partial charge in [0, 0.05) is 36.6 Å². The minimum absolute atomic E-state index is 0.0599. The molecule has 0 saturated carbocycles. The fraction of sp³-hybridized carbons (Fsp3) is 0.700. The van der Waals surface area contributed by atoms with Crippen molar-refractivity contribution in [3.05, 3.63) is 88.5 Å². The topological polar surface area (TPSA) is 215 Å². The number of rotatable bonds is 15. The molecule has 20 heteroatoms. The number of ether oxygens (including phenoxy) is 2. The molecule has 5 rings (SSSR count). The Labute approximate surface area is 354 Å². The van der Waals surface area contributed by atoms with Gasteiger partial charge in [-0.25, -0.2) is 13.8 Å². The van der Waals surface area contributed by atoms with Gasteiger partial charge in [0.15, 0.2) is 34.7 Å². The van der Waals surface area contributed by atoms with E-state index in [2.05, 4.69) is 33.9 Å². The highest BCUT2D eigenvalue weighted by atomic mass is 32.2. The minimum Gasteiger partial charge on any atom is -0.414 e. The highest BCUT2D eigenvalue weighted by Crippen LogP contribution is 2.52. The Morgan fingerprint density at radius 3 is 1.78 bits per heavy atom. The molecule has 0 unspecified atom stereocenters. The smallest absolute Gasteiger partial charge is 0.333 e. The van der Waals surface area contributed by atoms with Crippen LogP contribution in [0.4, 0.5) is 0 Å². The fourth-order valence-electron chi connectivity index (χ4n) is 7.13. The van der Waals surface area contributed by atoms with E-state index in [9.17, 15) is 32.7 Å². The molecule has 0 radical (unpaired) electrons. The van der Waals surface area contributed by atoms with Gasteiger partial charge < -0.3 is 29.2 Å². The van der Waals surface area contributed by atoms with Crippen molar-refractivity contribution in [2.45, 2.75) is 167 Å². The van der Waals surface area contributed by atoms with Gasteiger partial charge in [0.05, 0.1) is 24.3 Å². The third-order valence-electron chi connectivity index (χ3n) is 12.9. The van der Waals surface area contributed by atoms with Crippen LogP contribution in [0.2, 0.25) is 36.3 Å². The molecule has 336 valence electrons. The van der Waals surface area contributed by atoms with Gasteiger partial charge in [-0.2, -0.15) is 8.42 Å². The van der Waals surface area contributed by atoms with E-state index < -0.39 is 85.6 Å². The van der Waals surface area contributed by atoms with E-state index in [0.29, 0.717) is 31.2 Å². The predicted molar refractivity (Wildman–Crippen MR) is 232 cm³/mol. The molecule has 3 aliphatic heterocycles. The quantitative estimate of drug-likeness (QED) is 0.113.